The molecule has 1 aliphatic rings. The summed E-state index contributed by atoms with van der Waals surface area (Å²) in [5, 5.41) is 0. The number of allylic oxidation sites excluding steroid dienone is 1. The van der Waals surface area contributed by atoms with Crippen LogP contribution in [0.15, 0.2) is 84.9 Å². The van der Waals surface area contributed by atoms with Crippen molar-refractivity contribution in [2.24, 2.45) is 0 Å². The second-order valence-electron chi connectivity index (χ2n) is 6.11. The van der Waals surface area contributed by atoms with Crippen LogP contribution in [-0.4, -0.2) is 13.0 Å². The predicted octanol–water partition coefficient (Wildman–Crippen LogP) is 4.63. The number of carbonyl (C=O) groups excluding carboxylic acids is 1. The maximum Gasteiger partial charge on any atom is 0.260 e. The largest absolute Gasteiger partial charge is 0.311 e. The fourth-order valence-corrected chi connectivity index (χ4v) is 3.15. The quantitative estimate of drug-likeness (QED) is 0.469. The van der Waals surface area contributed by atoms with Gasteiger partial charge in [-0.25, -0.2) is 0 Å². The topological polar surface area (TPSA) is 20.3 Å². The molecule has 2 heteroatoms. The van der Waals surface area contributed by atoms with Crippen LogP contribution < -0.4 is 4.90 Å². The Bertz CT molecular complexity index is 1050. The Labute approximate surface area is 153 Å². The molecule has 1 amide bonds. The Morgan fingerprint density at radius 2 is 1.42 bits per heavy atom. The van der Waals surface area contributed by atoms with Crippen molar-refractivity contribution in [2.45, 2.75) is 0 Å². The molecule has 0 saturated carbocycles. The van der Waals surface area contributed by atoms with Crippen LogP contribution in [0.3, 0.4) is 0 Å². The third-order valence-electron chi connectivity index (χ3n) is 4.47. The molecule has 26 heavy (non-hydrogen) atoms. The Kier molecular flexibility index (Phi) is 4.13. The Morgan fingerprint density at radius 1 is 0.808 bits per heavy atom. The molecule has 0 N–H and O–H groups in total. The molecule has 0 saturated heterocycles. The van der Waals surface area contributed by atoms with Crippen molar-refractivity contribution in [2.75, 3.05) is 11.9 Å². The van der Waals surface area contributed by atoms with E-state index in [1.165, 1.54) is 0 Å². The summed E-state index contributed by atoms with van der Waals surface area (Å²) in [7, 11) is 1.81. The second kappa shape index (κ2) is 6.74. The molecule has 4 rings (SSSR count). The predicted molar refractivity (Wildman–Crippen MR) is 106 cm³/mol. The Morgan fingerprint density at radius 3 is 2.15 bits per heavy atom. The number of hydrogen-bond donors (Lipinski definition) is 0. The highest BCUT2D eigenvalue weighted by atomic mass is 16.2. The first-order valence-corrected chi connectivity index (χ1v) is 8.50. The zero-order chi connectivity index (χ0) is 17.9. The highest BCUT2D eigenvalue weighted by Crippen LogP contribution is 2.39. The molecule has 0 bridgehead atoms. The van der Waals surface area contributed by atoms with Gasteiger partial charge in [-0.15, -0.1) is 0 Å². The molecule has 3 aromatic rings. The fraction of sp³-hybridized carbons (Fsp3) is 0.0417. The van der Waals surface area contributed by atoms with Crippen LogP contribution >= 0.6 is 0 Å². The van der Waals surface area contributed by atoms with Crippen LogP contribution in [0.5, 0.6) is 0 Å². The second-order valence-corrected chi connectivity index (χ2v) is 6.11. The lowest BCUT2D eigenvalue weighted by atomic mass is 9.95. The minimum Gasteiger partial charge on any atom is -0.311 e. The summed E-state index contributed by atoms with van der Waals surface area (Å²) in [6.07, 6.45) is 0. The zero-order valence-corrected chi connectivity index (χ0v) is 14.4. The number of fused-ring (bicyclic) bond motifs is 1. The van der Waals surface area contributed by atoms with Crippen molar-refractivity contribution < 1.29 is 4.79 Å². The first-order valence-electron chi connectivity index (χ1n) is 8.50. The maximum absolute atomic E-state index is 13.0. The van der Waals surface area contributed by atoms with Gasteiger partial charge in [0, 0.05) is 23.7 Å². The van der Waals surface area contributed by atoms with E-state index < -0.39 is 0 Å². The van der Waals surface area contributed by atoms with Gasteiger partial charge in [0.25, 0.3) is 5.91 Å². The van der Waals surface area contributed by atoms with Gasteiger partial charge in [-0.1, -0.05) is 78.6 Å². The van der Waals surface area contributed by atoms with Crippen LogP contribution in [0.1, 0.15) is 16.7 Å². The highest BCUT2D eigenvalue weighted by Gasteiger charge is 2.31. The first kappa shape index (κ1) is 15.9. The number of hydrogen-bond acceptors (Lipinski definition) is 1. The molecule has 3 aromatic carbocycles. The standard InChI is InChI=1S/C24H17NO/c1-25-22-15-9-8-14-21(22)23(24(25)26)20(19-12-6-3-7-13-19)17-16-18-10-4-2-5-11-18/h2-15H,1H3/b23-20-. The normalized spacial score (nSPS) is 14.5. The summed E-state index contributed by atoms with van der Waals surface area (Å²) >= 11 is 0. The zero-order valence-electron chi connectivity index (χ0n) is 14.4. The number of rotatable bonds is 1. The van der Waals surface area contributed by atoms with E-state index in [9.17, 15) is 4.79 Å². The van der Waals surface area contributed by atoms with Crippen LogP contribution in [0.25, 0.3) is 11.1 Å². The molecule has 0 aromatic heterocycles. The summed E-state index contributed by atoms with van der Waals surface area (Å²) in [4.78, 5) is 14.7. The Balaban J connectivity index is 1.96. The van der Waals surface area contributed by atoms with Gasteiger partial charge in [0.2, 0.25) is 0 Å². The van der Waals surface area contributed by atoms with Gasteiger partial charge in [-0.3, -0.25) is 4.79 Å². The molecule has 1 aliphatic heterocycles. The van der Waals surface area contributed by atoms with Gasteiger partial charge in [-0.2, -0.15) is 0 Å². The summed E-state index contributed by atoms with van der Waals surface area (Å²) in [5.41, 5.74) is 5.15. The van der Waals surface area contributed by atoms with Crippen LogP contribution in [0, 0.1) is 11.8 Å². The lowest BCUT2D eigenvalue weighted by Gasteiger charge is -2.08. The average molecular weight is 335 g/mol. The molecule has 124 valence electrons. The number of para-hydroxylation sites is 1. The average Bonchev–Trinajstić information content (AvgIpc) is 2.95. The van der Waals surface area contributed by atoms with E-state index in [1.54, 1.807) is 11.9 Å². The van der Waals surface area contributed by atoms with Crippen molar-refractivity contribution in [3.05, 3.63) is 102 Å². The summed E-state index contributed by atoms with van der Waals surface area (Å²) in [6, 6.07) is 27.6. The minimum absolute atomic E-state index is 0.0209. The number of anilines is 1. The van der Waals surface area contributed by atoms with Gasteiger partial charge in [0.05, 0.1) is 11.3 Å². The van der Waals surface area contributed by atoms with Gasteiger partial charge >= 0.3 is 0 Å². The number of amides is 1. The molecular formula is C24H17NO. The smallest absolute Gasteiger partial charge is 0.260 e. The van der Waals surface area contributed by atoms with Crippen molar-refractivity contribution in [1.29, 1.82) is 0 Å². The third kappa shape index (κ3) is 2.81. The van der Waals surface area contributed by atoms with Crippen LogP contribution in [0.4, 0.5) is 5.69 Å². The van der Waals surface area contributed by atoms with Gasteiger partial charge < -0.3 is 4.90 Å². The van der Waals surface area contributed by atoms with Gasteiger partial charge in [0.1, 0.15) is 0 Å². The first-order chi connectivity index (χ1) is 12.8. The fourth-order valence-electron chi connectivity index (χ4n) is 3.15. The molecule has 0 fully saturated rings. The third-order valence-corrected chi connectivity index (χ3v) is 4.47. The molecule has 0 atom stereocenters. The van der Waals surface area contributed by atoms with E-state index in [0.29, 0.717) is 5.57 Å². The lowest BCUT2D eigenvalue weighted by Crippen LogP contribution is -2.20. The van der Waals surface area contributed by atoms with Crippen molar-refractivity contribution in [1.82, 2.24) is 0 Å². The summed E-state index contributed by atoms with van der Waals surface area (Å²) < 4.78 is 0. The van der Waals surface area contributed by atoms with Gasteiger partial charge in [0.15, 0.2) is 0 Å². The maximum atomic E-state index is 13.0. The molecular weight excluding hydrogens is 318 g/mol. The van der Waals surface area contributed by atoms with E-state index in [2.05, 4.69) is 11.8 Å². The summed E-state index contributed by atoms with van der Waals surface area (Å²) in [6.45, 7) is 0. The van der Waals surface area contributed by atoms with E-state index in [4.69, 9.17) is 0 Å². The van der Waals surface area contributed by atoms with E-state index in [-0.39, 0.29) is 5.91 Å². The number of carbonyl (C=O) groups is 1. The van der Waals surface area contributed by atoms with Crippen molar-refractivity contribution in [3.63, 3.8) is 0 Å². The van der Waals surface area contributed by atoms with Crippen molar-refractivity contribution in [3.8, 4) is 11.8 Å². The lowest BCUT2D eigenvalue weighted by molar-refractivity contribution is -0.112. The number of benzene rings is 3. The van der Waals surface area contributed by atoms with Crippen molar-refractivity contribution >= 4 is 22.7 Å². The Hall–Kier alpha value is -3.57. The molecule has 0 radical (unpaired) electrons. The monoisotopic (exact) mass is 335 g/mol. The highest BCUT2D eigenvalue weighted by molar-refractivity contribution is 6.38. The number of likely N-dealkylation sites (N-methyl/N-ethyl adjacent to an activating group) is 1. The molecule has 2 nitrogen and oxygen atoms in total. The van der Waals surface area contributed by atoms with Crippen LogP contribution in [-0.2, 0) is 4.79 Å². The SMILES string of the molecule is CN1C(=O)/C(=C(/C#Cc2ccccc2)c2ccccc2)c2ccccc21. The minimum atomic E-state index is -0.0209. The van der Waals surface area contributed by atoms with E-state index in [1.807, 2.05) is 84.9 Å². The molecule has 1 heterocycles. The molecule has 0 spiro atoms. The van der Waals surface area contributed by atoms with E-state index >= 15 is 0 Å². The molecule has 0 unspecified atom stereocenters. The van der Waals surface area contributed by atoms with Crippen LogP contribution in [0.2, 0.25) is 0 Å². The van der Waals surface area contributed by atoms with E-state index in [0.717, 1.165) is 28.0 Å². The van der Waals surface area contributed by atoms with Gasteiger partial charge in [-0.05, 0) is 23.8 Å². The summed E-state index contributed by atoms with van der Waals surface area (Å²) in [5.74, 6) is 6.46. The molecule has 0 aliphatic carbocycles. The number of nitrogens with zero attached hydrogens (tertiary/aromatic N) is 1.